The second kappa shape index (κ2) is 7.95. The molecule has 0 atom stereocenters. The van der Waals surface area contributed by atoms with Crippen molar-refractivity contribution in [1.29, 1.82) is 0 Å². The monoisotopic (exact) mass is 369 g/mol. The van der Waals surface area contributed by atoms with Gasteiger partial charge in [-0.15, -0.1) is 0 Å². The topological polar surface area (TPSA) is 84.9 Å². The highest BCUT2D eigenvalue weighted by Crippen LogP contribution is 2.45. The molecule has 1 aromatic carbocycles. The normalized spacial score (nSPS) is 14.9. The highest BCUT2D eigenvalue weighted by atomic mass is 35.5. The molecule has 0 aliphatic heterocycles. The van der Waals surface area contributed by atoms with Gasteiger partial charge in [0.2, 0.25) is 0 Å². The number of rotatable bonds is 9. The Bertz CT molecular complexity index is 655. The Labute approximate surface area is 152 Å². The second-order valence-corrected chi connectivity index (χ2v) is 7.20. The summed E-state index contributed by atoms with van der Waals surface area (Å²) in [6, 6.07) is 3.05. The molecule has 0 bridgehead atoms. The summed E-state index contributed by atoms with van der Waals surface area (Å²) >= 11 is 6.25. The minimum Gasteiger partial charge on any atom is -0.493 e. The van der Waals surface area contributed by atoms with E-state index >= 15 is 0 Å². The number of amides is 1. The second-order valence-electron chi connectivity index (χ2n) is 6.79. The van der Waals surface area contributed by atoms with Crippen molar-refractivity contribution in [1.82, 2.24) is 5.32 Å². The first kappa shape index (κ1) is 19.4. The molecular weight excluding hydrogens is 346 g/mol. The summed E-state index contributed by atoms with van der Waals surface area (Å²) in [6.07, 6.45) is 2.03. The summed E-state index contributed by atoms with van der Waals surface area (Å²) in [5.41, 5.74) is -0.511. The Balaban J connectivity index is 2.07. The van der Waals surface area contributed by atoms with Gasteiger partial charge in [-0.2, -0.15) is 0 Å². The fraction of sp³-hybridized carbons (Fsp3) is 0.556. The summed E-state index contributed by atoms with van der Waals surface area (Å²) in [5, 5.41) is 12.1. The van der Waals surface area contributed by atoms with Crippen molar-refractivity contribution in [2.75, 3.05) is 20.3 Å². The minimum atomic E-state index is -0.877. The maximum atomic E-state index is 12.3. The Morgan fingerprint density at radius 2 is 2.04 bits per heavy atom. The molecule has 1 saturated carbocycles. The van der Waals surface area contributed by atoms with Crippen molar-refractivity contribution >= 4 is 23.5 Å². The van der Waals surface area contributed by atoms with Crippen LogP contribution in [-0.4, -0.2) is 37.2 Å². The van der Waals surface area contributed by atoms with E-state index in [2.05, 4.69) is 19.2 Å². The van der Waals surface area contributed by atoms with Gasteiger partial charge in [0.25, 0.3) is 5.91 Å². The van der Waals surface area contributed by atoms with Gasteiger partial charge in [0, 0.05) is 12.1 Å². The van der Waals surface area contributed by atoms with Crippen LogP contribution in [0.3, 0.4) is 0 Å². The molecule has 0 radical (unpaired) electrons. The van der Waals surface area contributed by atoms with Gasteiger partial charge in [-0.05, 0) is 37.3 Å². The molecule has 1 amide bonds. The molecule has 25 heavy (non-hydrogen) atoms. The molecule has 0 spiro atoms. The average molecular weight is 370 g/mol. The van der Waals surface area contributed by atoms with Crippen LogP contribution in [0.25, 0.3) is 0 Å². The third-order valence-corrected chi connectivity index (χ3v) is 4.61. The van der Waals surface area contributed by atoms with E-state index in [0.717, 1.165) is 6.42 Å². The lowest BCUT2D eigenvalue weighted by molar-refractivity contribution is -0.143. The zero-order valence-corrected chi connectivity index (χ0v) is 15.5. The van der Waals surface area contributed by atoms with Gasteiger partial charge < -0.3 is 19.9 Å². The lowest BCUT2D eigenvalue weighted by atomic mass is 10.1. The molecule has 1 aromatic rings. The molecule has 6 nitrogen and oxygen atoms in total. The van der Waals surface area contributed by atoms with Crippen LogP contribution in [0.5, 0.6) is 11.5 Å². The first-order valence-corrected chi connectivity index (χ1v) is 8.69. The van der Waals surface area contributed by atoms with E-state index in [1.165, 1.54) is 13.2 Å². The fourth-order valence-corrected chi connectivity index (χ4v) is 2.62. The van der Waals surface area contributed by atoms with Crippen LogP contribution in [0.1, 0.15) is 43.5 Å². The SMILES string of the molecule is COc1cc(C(=O)NCC2(C(=O)O)CC2)cc(Cl)c1OCCC(C)C. The smallest absolute Gasteiger partial charge is 0.311 e. The Hall–Kier alpha value is -1.95. The van der Waals surface area contributed by atoms with Gasteiger partial charge >= 0.3 is 5.97 Å². The van der Waals surface area contributed by atoms with Crippen molar-refractivity contribution in [3.8, 4) is 11.5 Å². The van der Waals surface area contributed by atoms with Gasteiger partial charge in [0.15, 0.2) is 11.5 Å². The van der Waals surface area contributed by atoms with Crippen molar-refractivity contribution < 1.29 is 24.2 Å². The van der Waals surface area contributed by atoms with Crippen molar-refractivity contribution in [3.63, 3.8) is 0 Å². The first-order valence-electron chi connectivity index (χ1n) is 8.31. The van der Waals surface area contributed by atoms with Gasteiger partial charge in [-0.25, -0.2) is 0 Å². The summed E-state index contributed by atoms with van der Waals surface area (Å²) in [4.78, 5) is 23.5. The average Bonchev–Trinajstić information content (AvgIpc) is 3.34. The Kier molecular flexibility index (Phi) is 6.16. The highest BCUT2D eigenvalue weighted by Gasteiger charge is 2.50. The quantitative estimate of drug-likeness (QED) is 0.697. The van der Waals surface area contributed by atoms with E-state index in [9.17, 15) is 9.59 Å². The number of aliphatic carboxylic acids is 1. The predicted molar refractivity (Wildman–Crippen MR) is 94.6 cm³/mol. The van der Waals surface area contributed by atoms with Crippen LogP contribution in [0.15, 0.2) is 12.1 Å². The molecule has 2 rings (SSSR count). The zero-order valence-electron chi connectivity index (χ0n) is 14.7. The lowest BCUT2D eigenvalue weighted by Gasteiger charge is -2.15. The van der Waals surface area contributed by atoms with E-state index in [1.54, 1.807) is 6.07 Å². The van der Waals surface area contributed by atoms with Crippen molar-refractivity contribution in [3.05, 3.63) is 22.7 Å². The number of carbonyl (C=O) groups is 2. The molecule has 1 fully saturated rings. The summed E-state index contributed by atoms with van der Waals surface area (Å²) in [7, 11) is 1.48. The minimum absolute atomic E-state index is 0.105. The van der Waals surface area contributed by atoms with Crippen molar-refractivity contribution in [2.45, 2.75) is 33.1 Å². The van der Waals surface area contributed by atoms with Crippen LogP contribution in [0.2, 0.25) is 5.02 Å². The van der Waals surface area contributed by atoms with E-state index in [-0.39, 0.29) is 17.5 Å². The number of nitrogens with one attached hydrogen (secondary N) is 1. The van der Waals surface area contributed by atoms with Crippen LogP contribution in [0, 0.1) is 11.3 Å². The Morgan fingerprint density at radius 1 is 1.36 bits per heavy atom. The molecule has 0 heterocycles. The number of hydrogen-bond donors (Lipinski definition) is 2. The standard InChI is InChI=1S/C18H24ClNO5/c1-11(2)4-7-25-15-13(19)8-12(9-14(15)24-3)16(21)20-10-18(5-6-18)17(22)23/h8-9,11H,4-7,10H2,1-3H3,(H,20,21)(H,22,23). The third kappa shape index (κ3) is 4.78. The molecule has 2 N–H and O–H groups in total. The summed E-state index contributed by atoms with van der Waals surface area (Å²) in [5.74, 6) is 0.0175. The number of methoxy groups -OCH3 is 1. The third-order valence-electron chi connectivity index (χ3n) is 4.33. The molecule has 0 aromatic heterocycles. The van der Waals surface area contributed by atoms with Gasteiger partial charge in [0.1, 0.15) is 0 Å². The molecule has 7 heteroatoms. The van der Waals surface area contributed by atoms with E-state index in [4.69, 9.17) is 26.2 Å². The number of carboxylic acid groups (broad SMARTS) is 1. The van der Waals surface area contributed by atoms with E-state index in [0.29, 0.717) is 42.4 Å². The highest BCUT2D eigenvalue weighted by molar-refractivity contribution is 6.32. The molecular formula is C18H24ClNO5. The fourth-order valence-electron chi connectivity index (χ4n) is 2.36. The van der Waals surface area contributed by atoms with Crippen LogP contribution in [-0.2, 0) is 4.79 Å². The predicted octanol–water partition coefficient (Wildman–Crippen LogP) is 3.37. The van der Waals surface area contributed by atoms with Gasteiger partial charge in [0.05, 0.1) is 24.2 Å². The maximum absolute atomic E-state index is 12.3. The summed E-state index contributed by atoms with van der Waals surface area (Å²) in [6.45, 7) is 4.80. The molecule has 0 unspecified atom stereocenters. The van der Waals surface area contributed by atoms with E-state index in [1.807, 2.05) is 0 Å². The Morgan fingerprint density at radius 3 is 2.56 bits per heavy atom. The summed E-state index contributed by atoms with van der Waals surface area (Å²) < 4.78 is 11.0. The zero-order chi connectivity index (χ0) is 18.6. The van der Waals surface area contributed by atoms with Crippen LogP contribution < -0.4 is 14.8 Å². The molecule has 0 saturated heterocycles. The molecule has 138 valence electrons. The van der Waals surface area contributed by atoms with Crippen LogP contribution in [0.4, 0.5) is 0 Å². The van der Waals surface area contributed by atoms with Gasteiger partial charge in [-0.3, -0.25) is 9.59 Å². The van der Waals surface area contributed by atoms with E-state index < -0.39 is 11.4 Å². The lowest BCUT2D eigenvalue weighted by Crippen LogP contribution is -2.34. The maximum Gasteiger partial charge on any atom is 0.311 e. The number of carbonyl (C=O) groups excluding carboxylic acids is 1. The first-order chi connectivity index (χ1) is 11.8. The molecule has 1 aliphatic rings. The number of hydrogen-bond acceptors (Lipinski definition) is 4. The molecule has 1 aliphatic carbocycles. The largest absolute Gasteiger partial charge is 0.493 e. The number of ether oxygens (including phenoxy) is 2. The van der Waals surface area contributed by atoms with Crippen molar-refractivity contribution in [2.24, 2.45) is 11.3 Å². The number of halogens is 1. The number of benzene rings is 1. The van der Waals surface area contributed by atoms with Gasteiger partial charge in [-0.1, -0.05) is 25.4 Å². The number of carboxylic acids is 1. The van der Waals surface area contributed by atoms with Crippen LogP contribution >= 0.6 is 11.6 Å².